The van der Waals surface area contributed by atoms with Crippen LogP contribution in [0.15, 0.2) is 0 Å². The van der Waals surface area contributed by atoms with Gasteiger partial charge in [-0.15, -0.1) is 0 Å². The lowest BCUT2D eigenvalue weighted by Gasteiger charge is -2.21. The van der Waals surface area contributed by atoms with E-state index in [2.05, 4.69) is 30.8 Å². The molecule has 0 radical (unpaired) electrons. The van der Waals surface area contributed by atoms with Crippen molar-refractivity contribution in [1.29, 1.82) is 0 Å². The zero-order chi connectivity index (χ0) is 12.8. The number of hydrogen-bond acceptors (Lipinski definition) is 4. The summed E-state index contributed by atoms with van der Waals surface area (Å²) in [6.07, 6.45) is 1.13. The highest BCUT2D eigenvalue weighted by Crippen LogP contribution is 2.17. The Labute approximate surface area is 97.7 Å². The second-order valence-corrected chi connectivity index (χ2v) is 5.25. The molecule has 0 aromatic rings. The van der Waals surface area contributed by atoms with E-state index in [0.29, 0.717) is 6.54 Å². The Morgan fingerprint density at radius 2 is 1.88 bits per heavy atom. The molecule has 0 spiro atoms. The summed E-state index contributed by atoms with van der Waals surface area (Å²) < 4.78 is 4.64. The minimum atomic E-state index is -0.509. The van der Waals surface area contributed by atoms with Gasteiger partial charge in [0.05, 0.1) is 7.11 Å². The predicted molar refractivity (Wildman–Crippen MR) is 63.2 cm³/mol. The van der Waals surface area contributed by atoms with E-state index in [4.69, 9.17) is 0 Å². The first-order chi connectivity index (χ1) is 7.26. The normalized spacial score (nSPS) is 13.3. The Kier molecular flexibility index (Phi) is 6.26. The molecular weight excluding hydrogens is 206 g/mol. The van der Waals surface area contributed by atoms with Crippen molar-refractivity contribution in [3.63, 3.8) is 0 Å². The number of Topliss-reactive ketones (excluding diaryl/α,β-unsaturated/α-hetero) is 1. The van der Waals surface area contributed by atoms with Crippen LogP contribution in [0.5, 0.6) is 0 Å². The zero-order valence-electron chi connectivity index (χ0n) is 10.9. The van der Waals surface area contributed by atoms with Gasteiger partial charge in [0.15, 0.2) is 0 Å². The number of hydrogen-bond donors (Lipinski definition) is 1. The topological polar surface area (TPSA) is 55.4 Å². The van der Waals surface area contributed by atoms with E-state index in [1.807, 2.05) is 0 Å². The molecule has 0 rings (SSSR count). The fourth-order valence-corrected chi connectivity index (χ4v) is 1.29. The van der Waals surface area contributed by atoms with Gasteiger partial charge < -0.3 is 10.1 Å². The molecule has 94 valence electrons. The molecule has 0 bridgehead atoms. The maximum atomic E-state index is 11.4. The monoisotopic (exact) mass is 229 g/mol. The van der Waals surface area contributed by atoms with Crippen molar-refractivity contribution in [2.24, 2.45) is 5.41 Å². The number of carbonyl (C=O) groups is 2. The molecule has 0 heterocycles. The predicted octanol–water partition coefficient (Wildman–Crippen LogP) is 1.53. The molecule has 0 fully saturated rings. The largest absolute Gasteiger partial charge is 0.468 e. The molecular formula is C12H23NO3. The third kappa shape index (κ3) is 7.40. The Hall–Kier alpha value is -0.900. The lowest BCUT2D eigenvalue weighted by Crippen LogP contribution is -2.40. The number of carbonyl (C=O) groups excluding carboxylic acids is 2. The summed E-state index contributed by atoms with van der Waals surface area (Å²) >= 11 is 0. The van der Waals surface area contributed by atoms with Crippen LogP contribution < -0.4 is 5.32 Å². The Balaban J connectivity index is 4.12. The van der Waals surface area contributed by atoms with Crippen LogP contribution in [0.3, 0.4) is 0 Å². The first-order valence-corrected chi connectivity index (χ1v) is 5.57. The van der Waals surface area contributed by atoms with Crippen LogP contribution >= 0.6 is 0 Å². The van der Waals surface area contributed by atoms with Crippen molar-refractivity contribution in [1.82, 2.24) is 5.32 Å². The summed E-state index contributed by atoms with van der Waals surface area (Å²) in [5, 5.41) is 3.06. The molecule has 0 aromatic carbocycles. The molecule has 0 aromatic heterocycles. The number of esters is 1. The second-order valence-electron chi connectivity index (χ2n) is 5.25. The summed E-state index contributed by atoms with van der Waals surface area (Å²) in [5.74, 6) is -0.386. The van der Waals surface area contributed by atoms with Crippen LogP contribution in [0.4, 0.5) is 0 Å². The molecule has 4 heteroatoms. The van der Waals surface area contributed by atoms with Gasteiger partial charge in [0.25, 0.3) is 0 Å². The van der Waals surface area contributed by atoms with Crippen molar-refractivity contribution >= 4 is 11.8 Å². The molecule has 1 atom stereocenters. The van der Waals surface area contributed by atoms with Crippen molar-refractivity contribution in [3.05, 3.63) is 0 Å². The summed E-state index contributed by atoms with van der Waals surface area (Å²) in [6, 6.07) is -0.509. The van der Waals surface area contributed by atoms with Gasteiger partial charge in [-0.25, -0.2) is 0 Å². The Bertz CT molecular complexity index is 243. The third-order valence-corrected chi connectivity index (χ3v) is 2.24. The molecule has 0 amide bonds. The Morgan fingerprint density at radius 3 is 2.25 bits per heavy atom. The first-order valence-electron chi connectivity index (χ1n) is 5.57. The Morgan fingerprint density at radius 1 is 1.31 bits per heavy atom. The molecule has 1 unspecified atom stereocenters. The van der Waals surface area contributed by atoms with Gasteiger partial charge in [-0.1, -0.05) is 20.8 Å². The summed E-state index contributed by atoms with van der Waals surface area (Å²) in [7, 11) is 1.33. The molecule has 0 aliphatic rings. The average molecular weight is 229 g/mol. The molecule has 4 nitrogen and oxygen atoms in total. The lowest BCUT2D eigenvalue weighted by molar-refractivity contribution is -0.144. The van der Waals surface area contributed by atoms with E-state index in [-0.39, 0.29) is 23.6 Å². The molecule has 1 N–H and O–H groups in total. The SMILES string of the molecule is COC(=O)C(CC(C)=O)NCCC(C)(C)C. The minimum absolute atomic E-state index is 0.0151. The highest BCUT2D eigenvalue weighted by Gasteiger charge is 2.21. The number of rotatable bonds is 6. The van der Waals surface area contributed by atoms with E-state index in [1.54, 1.807) is 0 Å². The number of methoxy groups -OCH3 is 1. The number of ether oxygens (including phenoxy) is 1. The first kappa shape index (κ1) is 15.1. The van der Waals surface area contributed by atoms with Gasteiger partial charge in [-0.2, -0.15) is 0 Å². The van der Waals surface area contributed by atoms with Crippen LogP contribution in [0, 0.1) is 5.41 Å². The highest BCUT2D eigenvalue weighted by atomic mass is 16.5. The zero-order valence-corrected chi connectivity index (χ0v) is 10.9. The van der Waals surface area contributed by atoms with Crippen molar-refractivity contribution < 1.29 is 14.3 Å². The lowest BCUT2D eigenvalue weighted by atomic mass is 9.92. The van der Waals surface area contributed by atoms with Crippen molar-refractivity contribution in [2.75, 3.05) is 13.7 Å². The van der Waals surface area contributed by atoms with Crippen LogP contribution in [-0.4, -0.2) is 31.4 Å². The van der Waals surface area contributed by atoms with E-state index < -0.39 is 6.04 Å². The van der Waals surface area contributed by atoms with Crippen LogP contribution in [0.2, 0.25) is 0 Å². The minimum Gasteiger partial charge on any atom is -0.468 e. The van der Waals surface area contributed by atoms with Gasteiger partial charge in [0, 0.05) is 6.42 Å². The van der Waals surface area contributed by atoms with Gasteiger partial charge in [-0.05, 0) is 25.3 Å². The average Bonchev–Trinajstić information content (AvgIpc) is 2.12. The fourth-order valence-electron chi connectivity index (χ4n) is 1.29. The molecule has 0 aliphatic carbocycles. The molecule has 0 saturated carbocycles. The number of ketones is 1. The molecule has 0 saturated heterocycles. The van der Waals surface area contributed by atoms with E-state index in [0.717, 1.165) is 6.42 Å². The van der Waals surface area contributed by atoms with E-state index in [1.165, 1.54) is 14.0 Å². The van der Waals surface area contributed by atoms with Gasteiger partial charge in [-0.3, -0.25) is 9.59 Å². The molecule has 16 heavy (non-hydrogen) atoms. The van der Waals surface area contributed by atoms with Crippen LogP contribution in [-0.2, 0) is 14.3 Å². The van der Waals surface area contributed by atoms with Crippen LogP contribution in [0.25, 0.3) is 0 Å². The number of nitrogens with one attached hydrogen (secondary N) is 1. The van der Waals surface area contributed by atoms with Gasteiger partial charge in [0.2, 0.25) is 0 Å². The standard InChI is InChI=1S/C12H23NO3/c1-9(14)8-10(11(15)16-5)13-7-6-12(2,3)4/h10,13H,6-8H2,1-5H3. The van der Waals surface area contributed by atoms with Gasteiger partial charge >= 0.3 is 5.97 Å². The quantitative estimate of drug-likeness (QED) is 0.702. The van der Waals surface area contributed by atoms with Crippen molar-refractivity contribution in [3.8, 4) is 0 Å². The maximum absolute atomic E-state index is 11.4. The maximum Gasteiger partial charge on any atom is 0.323 e. The summed E-state index contributed by atoms with van der Waals surface area (Å²) in [6.45, 7) is 8.57. The second kappa shape index (κ2) is 6.63. The van der Waals surface area contributed by atoms with Crippen LogP contribution in [0.1, 0.15) is 40.5 Å². The van der Waals surface area contributed by atoms with E-state index >= 15 is 0 Å². The molecule has 0 aliphatic heterocycles. The van der Waals surface area contributed by atoms with E-state index in [9.17, 15) is 9.59 Å². The summed E-state index contributed by atoms with van der Waals surface area (Å²) in [5.41, 5.74) is 0.212. The van der Waals surface area contributed by atoms with Gasteiger partial charge in [0.1, 0.15) is 11.8 Å². The van der Waals surface area contributed by atoms with Crippen molar-refractivity contribution in [2.45, 2.75) is 46.6 Å². The third-order valence-electron chi connectivity index (χ3n) is 2.24. The summed E-state index contributed by atoms with van der Waals surface area (Å²) in [4.78, 5) is 22.4. The fraction of sp³-hybridized carbons (Fsp3) is 0.833. The smallest absolute Gasteiger partial charge is 0.323 e. The highest BCUT2D eigenvalue weighted by molar-refractivity contribution is 5.85.